The second-order valence-electron chi connectivity index (χ2n) is 7.95. The lowest BCUT2D eigenvalue weighted by atomic mass is 9.94. The first-order chi connectivity index (χ1) is 13.6. The van der Waals surface area contributed by atoms with Gasteiger partial charge in [0.15, 0.2) is 0 Å². The van der Waals surface area contributed by atoms with E-state index in [9.17, 15) is 27.9 Å². The molecule has 0 saturated carbocycles. The Bertz CT molecular complexity index is 942. The van der Waals surface area contributed by atoms with Gasteiger partial charge in [-0.05, 0) is 44.7 Å². The average molecular weight is 410 g/mol. The third kappa shape index (κ3) is 3.25. The zero-order chi connectivity index (χ0) is 21.0. The van der Waals surface area contributed by atoms with Crippen LogP contribution in [0.1, 0.15) is 43.0 Å². The highest BCUT2D eigenvalue weighted by atomic mass is 19.4. The summed E-state index contributed by atoms with van der Waals surface area (Å²) in [7, 11) is 0. The van der Waals surface area contributed by atoms with E-state index in [4.69, 9.17) is 0 Å². The Morgan fingerprint density at radius 2 is 1.90 bits per heavy atom. The Morgan fingerprint density at radius 1 is 1.24 bits per heavy atom. The Labute approximate surface area is 164 Å². The van der Waals surface area contributed by atoms with Crippen LogP contribution in [-0.4, -0.2) is 61.9 Å². The molecule has 2 aromatic rings. The maximum atomic E-state index is 13.2. The van der Waals surface area contributed by atoms with Crippen LogP contribution in [0.15, 0.2) is 24.4 Å². The van der Waals surface area contributed by atoms with Crippen LogP contribution in [0.25, 0.3) is 10.9 Å². The molecule has 1 aromatic carbocycles. The molecule has 156 valence electrons. The molecule has 3 heterocycles. The fraction of sp³-hybridized carbons (Fsp3) is 0.526. The number of nitrogens with one attached hydrogen (secondary N) is 2. The van der Waals surface area contributed by atoms with Crippen molar-refractivity contribution in [2.45, 2.75) is 62.5 Å². The van der Waals surface area contributed by atoms with Gasteiger partial charge in [0.05, 0.1) is 17.3 Å². The number of hydrogen-bond donors (Lipinski definition) is 3. The summed E-state index contributed by atoms with van der Waals surface area (Å²) in [6.07, 6.45) is -1.32. The van der Waals surface area contributed by atoms with Crippen molar-refractivity contribution in [2.24, 2.45) is 0 Å². The number of amides is 2. The minimum atomic E-state index is -5.06. The van der Waals surface area contributed by atoms with E-state index in [2.05, 4.69) is 15.5 Å². The monoisotopic (exact) mass is 410 g/mol. The molecule has 0 aliphatic carbocycles. The van der Waals surface area contributed by atoms with Gasteiger partial charge in [0.25, 0.3) is 11.8 Å². The Hall–Kier alpha value is -2.62. The van der Waals surface area contributed by atoms with Crippen LogP contribution in [0.4, 0.5) is 13.2 Å². The molecular weight excluding hydrogens is 389 g/mol. The third-order valence-corrected chi connectivity index (χ3v) is 6.01. The van der Waals surface area contributed by atoms with Crippen molar-refractivity contribution in [1.29, 1.82) is 0 Å². The summed E-state index contributed by atoms with van der Waals surface area (Å²) in [5, 5.41) is 19.4. The summed E-state index contributed by atoms with van der Waals surface area (Å²) < 4.78 is 38.7. The fourth-order valence-electron chi connectivity index (χ4n) is 4.37. The van der Waals surface area contributed by atoms with E-state index in [1.165, 1.54) is 0 Å². The first-order valence-corrected chi connectivity index (χ1v) is 9.44. The van der Waals surface area contributed by atoms with Crippen LogP contribution in [0.3, 0.4) is 0 Å². The molecule has 2 bridgehead atoms. The summed E-state index contributed by atoms with van der Waals surface area (Å²) in [5.74, 6) is -1.60. The summed E-state index contributed by atoms with van der Waals surface area (Å²) in [4.78, 5) is 27.0. The van der Waals surface area contributed by atoms with E-state index in [0.717, 1.165) is 18.4 Å². The van der Waals surface area contributed by atoms with E-state index in [1.54, 1.807) is 23.2 Å². The number of halogens is 3. The number of benzene rings is 1. The zero-order valence-electron chi connectivity index (χ0n) is 15.7. The zero-order valence-corrected chi connectivity index (χ0v) is 15.7. The lowest BCUT2D eigenvalue weighted by molar-refractivity contribution is -0.245. The van der Waals surface area contributed by atoms with Gasteiger partial charge in [0.1, 0.15) is 0 Å². The number of piperidine rings is 1. The largest absolute Gasteiger partial charge is 0.426 e. The molecule has 0 spiro atoms. The van der Waals surface area contributed by atoms with Crippen molar-refractivity contribution in [3.05, 3.63) is 30.0 Å². The molecule has 3 unspecified atom stereocenters. The molecule has 2 saturated heterocycles. The second-order valence-corrected chi connectivity index (χ2v) is 7.95. The van der Waals surface area contributed by atoms with Gasteiger partial charge in [-0.25, -0.2) is 0 Å². The van der Waals surface area contributed by atoms with E-state index in [-0.39, 0.29) is 18.0 Å². The van der Waals surface area contributed by atoms with Gasteiger partial charge < -0.3 is 15.3 Å². The Kier molecular flexibility index (Phi) is 4.56. The van der Waals surface area contributed by atoms with Gasteiger partial charge in [-0.15, -0.1) is 0 Å². The highest BCUT2D eigenvalue weighted by Crippen LogP contribution is 2.38. The van der Waals surface area contributed by atoms with Crippen LogP contribution in [0.5, 0.6) is 0 Å². The number of aromatic amines is 1. The third-order valence-electron chi connectivity index (χ3n) is 6.01. The molecule has 2 amide bonds. The standard InChI is InChI=1S/C19H21F3N4O3/c1-18(29,19(20,21)22)17(28)24-10-7-11-5-6-12(8-10)26(11)16(27)13-3-2-4-15-14(13)9-23-25-15/h2-4,9-12,29H,5-8H2,1H3,(H,23,25)(H,24,28). The van der Waals surface area contributed by atoms with Crippen LogP contribution in [-0.2, 0) is 4.79 Å². The first kappa shape index (κ1) is 19.7. The lowest BCUT2D eigenvalue weighted by Gasteiger charge is -2.40. The molecular formula is C19H21F3N4O3. The molecule has 1 aromatic heterocycles. The van der Waals surface area contributed by atoms with E-state index in [0.29, 0.717) is 30.7 Å². The Morgan fingerprint density at radius 3 is 2.52 bits per heavy atom. The molecule has 2 fully saturated rings. The maximum absolute atomic E-state index is 13.2. The highest BCUT2D eigenvalue weighted by Gasteiger charge is 2.56. The molecule has 29 heavy (non-hydrogen) atoms. The number of aliphatic hydroxyl groups is 1. The minimum Gasteiger partial charge on any atom is -0.373 e. The molecule has 2 aliphatic rings. The van der Waals surface area contributed by atoms with Gasteiger partial charge in [0.2, 0.25) is 5.60 Å². The molecule has 4 rings (SSSR count). The quantitative estimate of drug-likeness (QED) is 0.722. The average Bonchev–Trinajstić information content (AvgIpc) is 3.22. The number of H-pyrrole nitrogens is 1. The van der Waals surface area contributed by atoms with Crippen LogP contribution in [0, 0.1) is 0 Å². The smallest absolute Gasteiger partial charge is 0.373 e. The summed E-state index contributed by atoms with van der Waals surface area (Å²) >= 11 is 0. The SMILES string of the molecule is CC(O)(C(=O)NC1CC2CCC(C1)N2C(=O)c1cccc2[nH]ncc12)C(F)(F)F. The second kappa shape index (κ2) is 6.72. The highest BCUT2D eigenvalue weighted by molar-refractivity contribution is 6.06. The van der Waals surface area contributed by atoms with Crippen molar-refractivity contribution < 1.29 is 27.9 Å². The van der Waals surface area contributed by atoms with Crippen LogP contribution in [0.2, 0.25) is 0 Å². The number of nitrogens with zero attached hydrogens (tertiary/aromatic N) is 2. The van der Waals surface area contributed by atoms with E-state index >= 15 is 0 Å². The summed E-state index contributed by atoms with van der Waals surface area (Å²) in [6.45, 7) is 0.446. The van der Waals surface area contributed by atoms with E-state index < -0.39 is 23.7 Å². The maximum Gasteiger partial charge on any atom is 0.426 e. The molecule has 3 atom stereocenters. The number of alkyl halides is 3. The van der Waals surface area contributed by atoms with Gasteiger partial charge in [-0.1, -0.05) is 6.07 Å². The van der Waals surface area contributed by atoms with Crippen molar-refractivity contribution in [3.63, 3.8) is 0 Å². The van der Waals surface area contributed by atoms with Crippen molar-refractivity contribution in [1.82, 2.24) is 20.4 Å². The molecule has 10 heteroatoms. The van der Waals surface area contributed by atoms with Gasteiger partial charge >= 0.3 is 6.18 Å². The predicted octanol–water partition coefficient (Wildman–Crippen LogP) is 2.13. The van der Waals surface area contributed by atoms with Gasteiger partial charge in [-0.2, -0.15) is 18.3 Å². The minimum absolute atomic E-state index is 0.142. The normalized spacial score (nSPS) is 26.4. The number of rotatable bonds is 3. The van der Waals surface area contributed by atoms with Crippen LogP contribution < -0.4 is 5.32 Å². The summed E-state index contributed by atoms with van der Waals surface area (Å²) in [5.41, 5.74) is -2.17. The molecule has 0 radical (unpaired) electrons. The number of hydrogen-bond acceptors (Lipinski definition) is 4. The topological polar surface area (TPSA) is 98.3 Å². The number of fused-ring (bicyclic) bond motifs is 3. The van der Waals surface area contributed by atoms with E-state index in [1.807, 2.05) is 6.07 Å². The summed E-state index contributed by atoms with van der Waals surface area (Å²) in [6, 6.07) is 4.44. The van der Waals surface area contributed by atoms with Crippen molar-refractivity contribution in [2.75, 3.05) is 0 Å². The molecule has 7 nitrogen and oxygen atoms in total. The number of carbonyl (C=O) groups excluding carboxylic acids is 2. The lowest BCUT2D eigenvalue weighted by Crippen LogP contribution is -2.59. The fourth-order valence-corrected chi connectivity index (χ4v) is 4.37. The van der Waals surface area contributed by atoms with Gasteiger partial charge in [0, 0.05) is 23.5 Å². The van der Waals surface area contributed by atoms with Crippen molar-refractivity contribution in [3.8, 4) is 0 Å². The number of carbonyl (C=O) groups is 2. The number of aromatic nitrogens is 2. The molecule has 3 N–H and O–H groups in total. The Balaban J connectivity index is 1.49. The molecule has 2 aliphatic heterocycles. The van der Waals surface area contributed by atoms with Crippen molar-refractivity contribution >= 4 is 22.7 Å². The van der Waals surface area contributed by atoms with Gasteiger partial charge in [-0.3, -0.25) is 14.7 Å². The first-order valence-electron chi connectivity index (χ1n) is 9.44. The van der Waals surface area contributed by atoms with Crippen LogP contribution >= 0.6 is 0 Å². The predicted molar refractivity (Wildman–Crippen MR) is 96.9 cm³/mol.